The molecular formula is C20H30N6O2. The minimum Gasteiger partial charge on any atom is -0.497 e. The Hall–Kier alpha value is -2.48. The lowest BCUT2D eigenvalue weighted by Crippen LogP contribution is -2.35. The summed E-state index contributed by atoms with van der Waals surface area (Å²) in [5.74, 6) is 2.27. The number of aromatic nitrogens is 4. The number of benzene rings is 1. The fourth-order valence-corrected chi connectivity index (χ4v) is 3.46. The number of carbonyl (C=O) groups is 1. The van der Waals surface area contributed by atoms with Gasteiger partial charge in [-0.05, 0) is 66.9 Å². The van der Waals surface area contributed by atoms with Crippen LogP contribution in [0, 0.1) is 5.92 Å². The standard InChI is InChI=1S/C20H30N6O2/c1-15-8-10-25(11-9-15)13-19-21-22-23-26(19)14-20(27)24(3)16(2)17-6-5-7-18(12-17)28-4/h5-7,12,15-16H,8-11,13-14H2,1-4H3/t16-/m1/s1. The molecule has 152 valence electrons. The van der Waals surface area contributed by atoms with Crippen molar-refractivity contribution < 1.29 is 9.53 Å². The molecule has 1 aromatic carbocycles. The molecule has 0 spiro atoms. The van der Waals surface area contributed by atoms with Crippen LogP contribution < -0.4 is 4.74 Å². The molecule has 0 saturated carbocycles. The number of rotatable bonds is 7. The SMILES string of the molecule is COc1cccc([C@@H](C)N(C)C(=O)Cn2nnnc2CN2CCC(C)CC2)c1. The fraction of sp³-hybridized carbons (Fsp3) is 0.600. The molecular weight excluding hydrogens is 356 g/mol. The van der Waals surface area contributed by atoms with Gasteiger partial charge in [0.1, 0.15) is 12.3 Å². The van der Waals surface area contributed by atoms with Gasteiger partial charge in [0, 0.05) is 7.05 Å². The van der Waals surface area contributed by atoms with Gasteiger partial charge in [-0.15, -0.1) is 5.10 Å². The number of hydrogen-bond donors (Lipinski definition) is 0. The van der Waals surface area contributed by atoms with Crippen molar-refractivity contribution in [1.29, 1.82) is 0 Å². The molecule has 8 nitrogen and oxygen atoms in total. The second kappa shape index (κ2) is 9.14. The summed E-state index contributed by atoms with van der Waals surface area (Å²) >= 11 is 0. The molecule has 1 atom stereocenters. The van der Waals surface area contributed by atoms with Gasteiger partial charge in [0.05, 0.1) is 19.7 Å². The van der Waals surface area contributed by atoms with E-state index in [0.717, 1.165) is 36.1 Å². The molecule has 1 aliphatic heterocycles. The van der Waals surface area contributed by atoms with E-state index in [1.54, 1.807) is 16.7 Å². The van der Waals surface area contributed by atoms with Gasteiger partial charge in [-0.3, -0.25) is 9.69 Å². The molecule has 28 heavy (non-hydrogen) atoms. The Balaban J connectivity index is 1.62. The molecule has 3 rings (SSSR count). The Morgan fingerprint density at radius 1 is 1.36 bits per heavy atom. The third-order valence-corrected chi connectivity index (χ3v) is 5.68. The van der Waals surface area contributed by atoms with Crippen LogP contribution in [0.4, 0.5) is 0 Å². The summed E-state index contributed by atoms with van der Waals surface area (Å²) in [5, 5.41) is 12.0. The molecule has 1 fully saturated rings. The Morgan fingerprint density at radius 3 is 2.82 bits per heavy atom. The van der Waals surface area contributed by atoms with Gasteiger partial charge < -0.3 is 9.64 Å². The van der Waals surface area contributed by atoms with Gasteiger partial charge in [0.25, 0.3) is 0 Å². The van der Waals surface area contributed by atoms with Gasteiger partial charge >= 0.3 is 0 Å². The zero-order valence-corrected chi connectivity index (χ0v) is 17.2. The predicted octanol–water partition coefficient (Wildman–Crippen LogP) is 2.13. The van der Waals surface area contributed by atoms with E-state index in [1.165, 1.54) is 12.8 Å². The zero-order valence-electron chi connectivity index (χ0n) is 17.2. The van der Waals surface area contributed by atoms with Gasteiger partial charge in [-0.1, -0.05) is 19.1 Å². The van der Waals surface area contributed by atoms with Crippen LogP contribution in [0.3, 0.4) is 0 Å². The van der Waals surface area contributed by atoms with Gasteiger partial charge in [0.15, 0.2) is 5.82 Å². The van der Waals surface area contributed by atoms with Crippen LogP contribution in [0.1, 0.15) is 44.1 Å². The molecule has 2 heterocycles. The number of hydrogen-bond acceptors (Lipinski definition) is 6. The van der Waals surface area contributed by atoms with E-state index in [2.05, 4.69) is 27.3 Å². The fourth-order valence-electron chi connectivity index (χ4n) is 3.46. The molecule has 0 unspecified atom stereocenters. The monoisotopic (exact) mass is 386 g/mol. The first-order valence-electron chi connectivity index (χ1n) is 9.85. The molecule has 1 aliphatic rings. The number of carbonyl (C=O) groups excluding carboxylic acids is 1. The molecule has 1 aromatic heterocycles. The second-order valence-electron chi connectivity index (χ2n) is 7.67. The molecule has 1 amide bonds. The first-order chi connectivity index (χ1) is 13.5. The van der Waals surface area contributed by atoms with E-state index >= 15 is 0 Å². The van der Waals surface area contributed by atoms with E-state index in [4.69, 9.17) is 4.74 Å². The summed E-state index contributed by atoms with van der Waals surface area (Å²) < 4.78 is 6.91. The maximum absolute atomic E-state index is 12.8. The van der Waals surface area contributed by atoms with Crippen molar-refractivity contribution in [2.45, 2.75) is 45.8 Å². The van der Waals surface area contributed by atoms with Crippen molar-refractivity contribution in [1.82, 2.24) is 30.0 Å². The van der Waals surface area contributed by atoms with Gasteiger partial charge in [-0.2, -0.15) is 0 Å². The highest BCUT2D eigenvalue weighted by Crippen LogP contribution is 2.23. The topological polar surface area (TPSA) is 76.4 Å². The average Bonchev–Trinajstić information content (AvgIpc) is 3.15. The first kappa shape index (κ1) is 20.3. The van der Waals surface area contributed by atoms with Crippen molar-refractivity contribution >= 4 is 5.91 Å². The lowest BCUT2D eigenvalue weighted by molar-refractivity contribution is -0.132. The van der Waals surface area contributed by atoms with Crippen molar-refractivity contribution in [3.05, 3.63) is 35.7 Å². The minimum atomic E-state index is -0.0777. The van der Waals surface area contributed by atoms with Crippen molar-refractivity contribution in [3.8, 4) is 5.75 Å². The highest BCUT2D eigenvalue weighted by atomic mass is 16.5. The summed E-state index contributed by atoms with van der Waals surface area (Å²) in [6, 6.07) is 7.70. The van der Waals surface area contributed by atoms with Crippen LogP contribution >= 0.6 is 0 Å². The van der Waals surface area contributed by atoms with Crippen molar-refractivity contribution in [2.75, 3.05) is 27.2 Å². The molecule has 0 aliphatic carbocycles. The quantitative estimate of drug-likeness (QED) is 0.726. The van der Waals surface area contributed by atoms with Gasteiger partial charge in [-0.25, -0.2) is 4.68 Å². The summed E-state index contributed by atoms with van der Waals surface area (Å²) in [4.78, 5) is 16.9. The van der Waals surface area contributed by atoms with Crippen molar-refractivity contribution in [2.24, 2.45) is 5.92 Å². The number of ether oxygens (including phenoxy) is 1. The van der Waals surface area contributed by atoms with E-state index in [1.807, 2.05) is 38.2 Å². The van der Waals surface area contributed by atoms with Gasteiger partial charge in [0.2, 0.25) is 5.91 Å². The summed E-state index contributed by atoms with van der Waals surface area (Å²) in [6.45, 7) is 7.21. The normalized spacial score (nSPS) is 16.7. The highest BCUT2D eigenvalue weighted by molar-refractivity contribution is 5.76. The highest BCUT2D eigenvalue weighted by Gasteiger charge is 2.22. The molecule has 0 bridgehead atoms. The number of likely N-dealkylation sites (N-methyl/N-ethyl adjacent to an activating group) is 1. The lowest BCUT2D eigenvalue weighted by atomic mass is 9.99. The number of methoxy groups -OCH3 is 1. The lowest BCUT2D eigenvalue weighted by Gasteiger charge is -2.29. The summed E-state index contributed by atoms with van der Waals surface area (Å²) in [6.07, 6.45) is 2.39. The molecule has 1 saturated heterocycles. The van der Waals surface area contributed by atoms with E-state index in [0.29, 0.717) is 6.54 Å². The third kappa shape index (κ3) is 4.86. The van der Waals surface area contributed by atoms with Crippen LogP contribution in [-0.2, 0) is 17.9 Å². The second-order valence-corrected chi connectivity index (χ2v) is 7.67. The average molecular weight is 387 g/mol. The van der Waals surface area contributed by atoms with Crippen LogP contribution in [0.25, 0.3) is 0 Å². The third-order valence-electron chi connectivity index (χ3n) is 5.68. The summed E-state index contributed by atoms with van der Waals surface area (Å²) in [5.41, 5.74) is 1.02. The Labute approximate surface area is 166 Å². The summed E-state index contributed by atoms with van der Waals surface area (Å²) in [7, 11) is 3.45. The number of piperidine rings is 1. The van der Waals surface area contributed by atoms with E-state index in [-0.39, 0.29) is 18.5 Å². The number of amides is 1. The zero-order chi connectivity index (χ0) is 20.1. The van der Waals surface area contributed by atoms with Crippen LogP contribution in [0.2, 0.25) is 0 Å². The van der Waals surface area contributed by atoms with Crippen LogP contribution in [0.5, 0.6) is 5.75 Å². The predicted molar refractivity (Wildman–Crippen MR) is 106 cm³/mol. The Bertz CT molecular complexity index is 785. The van der Waals surface area contributed by atoms with Crippen LogP contribution in [-0.4, -0.2) is 63.2 Å². The maximum Gasteiger partial charge on any atom is 0.244 e. The first-order valence-corrected chi connectivity index (χ1v) is 9.85. The maximum atomic E-state index is 12.8. The van der Waals surface area contributed by atoms with E-state index < -0.39 is 0 Å². The largest absolute Gasteiger partial charge is 0.497 e. The minimum absolute atomic E-state index is 0.0314. The molecule has 0 radical (unpaired) electrons. The van der Waals surface area contributed by atoms with E-state index in [9.17, 15) is 4.79 Å². The smallest absolute Gasteiger partial charge is 0.244 e. The Kier molecular flexibility index (Phi) is 6.61. The van der Waals surface area contributed by atoms with Crippen LogP contribution in [0.15, 0.2) is 24.3 Å². The molecule has 0 N–H and O–H groups in total. The van der Waals surface area contributed by atoms with Crippen molar-refractivity contribution in [3.63, 3.8) is 0 Å². The molecule has 8 heteroatoms. The Morgan fingerprint density at radius 2 is 2.11 bits per heavy atom. The molecule has 2 aromatic rings. The number of tetrazole rings is 1. The number of nitrogens with zero attached hydrogens (tertiary/aromatic N) is 6. The number of likely N-dealkylation sites (tertiary alicyclic amines) is 1.